The first kappa shape index (κ1) is 32.3. The molecule has 0 spiro atoms. The van der Waals surface area contributed by atoms with Crippen molar-refractivity contribution in [1.29, 1.82) is 0 Å². The van der Waals surface area contributed by atoms with Crippen LogP contribution in [0.5, 0.6) is 0 Å². The van der Waals surface area contributed by atoms with Crippen LogP contribution in [0.4, 0.5) is 0 Å². The van der Waals surface area contributed by atoms with Gasteiger partial charge in [-0.2, -0.15) is 0 Å². The number of nitrogens with zero attached hydrogens (tertiary/aromatic N) is 3. The molecular weight excluding hydrogens is 699 g/mol. The molecule has 11 aromatic rings. The lowest BCUT2D eigenvalue weighted by Gasteiger charge is -2.12. The first-order chi connectivity index (χ1) is 27.8. The second-order valence-corrected chi connectivity index (χ2v) is 15.2. The van der Waals surface area contributed by atoms with Crippen molar-refractivity contribution in [3.05, 3.63) is 200 Å². The van der Waals surface area contributed by atoms with E-state index < -0.39 is 0 Å². The van der Waals surface area contributed by atoms with Crippen LogP contribution in [0.1, 0.15) is 0 Å². The summed E-state index contributed by atoms with van der Waals surface area (Å²) in [5.41, 5.74) is 13.1. The fourth-order valence-electron chi connectivity index (χ4n) is 8.17. The monoisotopic (exact) mass is 731 g/mol. The first-order valence-corrected chi connectivity index (χ1v) is 19.7. The molecule has 0 saturated heterocycles. The molecule has 0 aliphatic carbocycles. The second-order valence-electron chi connectivity index (χ2n) is 14.2. The lowest BCUT2D eigenvalue weighted by Crippen LogP contribution is -1.97. The van der Waals surface area contributed by atoms with Gasteiger partial charge in [0, 0.05) is 42.9 Å². The maximum absolute atomic E-state index is 5.35. The Kier molecular flexibility index (Phi) is 7.68. The largest absolute Gasteiger partial charge is 0.308 e. The molecule has 4 heteroatoms. The molecule has 0 atom stereocenters. The summed E-state index contributed by atoms with van der Waals surface area (Å²) in [6.45, 7) is 0. The molecule has 11 rings (SSSR count). The summed E-state index contributed by atoms with van der Waals surface area (Å²) >= 11 is 1.86. The molecule has 262 valence electrons. The molecule has 0 radical (unpaired) electrons. The Morgan fingerprint density at radius 1 is 0.375 bits per heavy atom. The van der Waals surface area contributed by atoms with Crippen LogP contribution in [0.3, 0.4) is 0 Å². The summed E-state index contributed by atoms with van der Waals surface area (Å²) in [7, 11) is 0. The van der Waals surface area contributed by atoms with Gasteiger partial charge in [0.15, 0.2) is 5.82 Å². The quantitative estimate of drug-likeness (QED) is 0.170. The van der Waals surface area contributed by atoms with E-state index in [1.54, 1.807) is 0 Å². The van der Waals surface area contributed by atoms with Gasteiger partial charge in [-0.05, 0) is 52.6 Å². The summed E-state index contributed by atoms with van der Waals surface area (Å²) in [6, 6.07) is 71.3. The normalized spacial score (nSPS) is 11.6. The molecule has 0 bridgehead atoms. The lowest BCUT2D eigenvalue weighted by atomic mass is 9.99. The highest BCUT2D eigenvalue weighted by Gasteiger charge is 2.21. The van der Waals surface area contributed by atoms with Crippen LogP contribution in [0.2, 0.25) is 0 Å². The molecule has 8 aromatic carbocycles. The zero-order chi connectivity index (χ0) is 37.0. The standard InChI is InChI=1S/C52H33N3S/c1-3-13-34(14-4-1)35-25-27-36(28-26-35)37-29-31-39(32-30-37)45-33-44(38-15-5-2-6-16-38)53-52(54-45)43-20-12-22-47-50(43)42-18-7-9-21-46(42)55(47)48-23-11-19-41-40-17-8-10-24-49(40)56-51(41)48/h1-33H. The lowest BCUT2D eigenvalue weighted by molar-refractivity contribution is 1.18. The fourth-order valence-corrected chi connectivity index (χ4v) is 9.37. The van der Waals surface area contributed by atoms with E-state index >= 15 is 0 Å². The van der Waals surface area contributed by atoms with E-state index in [0.717, 1.165) is 50.1 Å². The van der Waals surface area contributed by atoms with Crippen molar-refractivity contribution in [3.8, 4) is 61.8 Å². The smallest absolute Gasteiger partial charge is 0.161 e. The Hall–Kier alpha value is -7.14. The maximum atomic E-state index is 5.35. The number of thiophene rings is 1. The van der Waals surface area contributed by atoms with Gasteiger partial charge in [-0.3, -0.25) is 0 Å². The van der Waals surface area contributed by atoms with E-state index in [2.05, 4.69) is 199 Å². The van der Waals surface area contributed by atoms with Gasteiger partial charge in [-0.1, -0.05) is 170 Å². The molecule has 0 amide bonds. The van der Waals surface area contributed by atoms with Crippen LogP contribution in [0, 0.1) is 0 Å². The average Bonchev–Trinajstić information content (AvgIpc) is 3.83. The predicted octanol–water partition coefficient (Wildman–Crippen LogP) is 14.3. The summed E-state index contributed by atoms with van der Waals surface area (Å²) in [6.07, 6.45) is 0. The number of para-hydroxylation sites is 1. The third-order valence-corrected chi connectivity index (χ3v) is 12.1. The van der Waals surface area contributed by atoms with Crippen molar-refractivity contribution in [2.24, 2.45) is 0 Å². The SMILES string of the molecule is c1ccc(-c2ccc(-c3ccc(-c4cc(-c5ccccc5)nc(-c5cccc6c5c5ccccc5n6-c5cccc6c5sc5ccccc56)n4)cc3)cc2)cc1. The maximum Gasteiger partial charge on any atom is 0.161 e. The van der Waals surface area contributed by atoms with Crippen LogP contribution in [-0.2, 0) is 0 Å². The van der Waals surface area contributed by atoms with Crippen LogP contribution in [0.25, 0.3) is 104 Å². The van der Waals surface area contributed by atoms with E-state index in [0.29, 0.717) is 5.82 Å². The third kappa shape index (κ3) is 5.42. The van der Waals surface area contributed by atoms with E-state index in [9.17, 15) is 0 Å². The van der Waals surface area contributed by atoms with Crippen molar-refractivity contribution in [1.82, 2.24) is 14.5 Å². The Balaban J connectivity index is 1.07. The molecule has 3 aromatic heterocycles. The molecule has 0 aliphatic heterocycles. The fraction of sp³-hybridized carbons (Fsp3) is 0. The summed E-state index contributed by atoms with van der Waals surface area (Å²) in [5.74, 6) is 0.704. The predicted molar refractivity (Wildman–Crippen MR) is 236 cm³/mol. The Labute approximate surface area is 328 Å². The highest BCUT2D eigenvalue weighted by molar-refractivity contribution is 7.26. The van der Waals surface area contributed by atoms with Gasteiger partial charge in [0.05, 0.1) is 32.8 Å². The van der Waals surface area contributed by atoms with Crippen molar-refractivity contribution in [3.63, 3.8) is 0 Å². The van der Waals surface area contributed by atoms with Gasteiger partial charge in [-0.15, -0.1) is 11.3 Å². The number of fused-ring (bicyclic) bond motifs is 6. The molecule has 0 N–H and O–H groups in total. The highest BCUT2D eigenvalue weighted by atomic mass is 32.1. The van der Waals surface area contributed by atoms with Crippen LogP contribution >= 0.6 is 11.3 Å². The van der Waals surface area contributed by atoms with Gasteiger partial charge in [0.25, 0.3) is 0 Å². The molecule has 0 unspecified atom stereocenters. The molecular formula is C52H33N3S. The highest BCUT2D eigenvalue weighted by Crippen LogP contribution is 2.43. The van der Waals surface area contributed by atoms with E-state index in [1.807, 2.05) is 17.4 Å². The first-order valence-electron chi connectivity index (χ1n) is 18.9. The van der Waals surface area contributed by atoms with E-state index in [4.69, 9.17) is 9.97 Å². The Bertz CT molecular complexity index is 3220. The number of hydrogen-bond donors (Lipinski definition) is 0. The van der Waals surface area contributed by atoms with Gasteiger partial charge >= 0.3 is 0 Å². The molecule has 3 nitrogen and oxygen atoms in total. The van der Waals surface area contributed by atoms with Crippen LogP contribution < -0.4 is 0 Å². The van der Waals surface area contributed by atoms with E-state index in [-0.39, 0.29) is 0 Å². The van der Waals surface area contributed by atoms with Gasteiger partial charge in [-0.25, -0.2) is 9.97 Å². The Morgan fingerprint density at radius 3 is 1.57 bits per heavy atom. The van der Waals surface area contributed by atoms with Crippen LogP contribution in [-0.4, -0.2) is 14.5 Å². The number of rotatable bonds is 6. The van der Waals surface area contributed by atoms with Gasteiger partial charge in [0.2, 0.25) is 0 Å². The van der Waals surface area contributed by atoms with Crippen molar-refractivity contribution in [2.75, 3.05) is 0 Å². The van der Waals surface area contributed by atoms with Crippen molar-refractivity contribution in [2.45, 2.75) is 0 Å². The summed E-state index contributed by atoms with van der Waals surface area (Å²) < 4.78 is 5.00. The molecule has 3 heterocycles. The van der Waals surface area contributed by atoms with E-state index in [1.165, 1.54) is 47.9 Å². The van der Waals surface area contributed by atoms with Gasteiger partial charge in [0.1, 0.15) is 0 Å². The molecule has 0 fully saturated rings. The molecule has 0 saturated carbocycles. The average molecular weight is 732 g/mol. The van der Waals surface area contributed by atoms with Crippen molar-refractivity contribution >= 4 is 53.3 Å². The third-order valence-electron chi connectivity index (χ3n) is 10.9. The minimum Gasteiger partial charge on any atom is -0.308 e. The van der Waals surface area contributed by atoms with Gasteiger partial charge < -0.3 is 4.57 Å². The Morgan fingerprint density at radius 2 is 0.875 bits per heavy atom. The minimum atomic E-state index is 0.704. The van der Waals surface area contributed by atoms with Crippen LogP contribution in [0.15, 0.2) is 200 Å². The number of hydrogen-bond acceptors (Lipinski definition) is 3. The summed E-state index contributed by atoms with van der Waals surface area (Å²) in [5, 5.41) is 4.90. The number of benzene rings is 8. The zero-order valence-corrected chi connectivity index (χ0v) is 31.1. The summed E-state index contributed by atoms with van der Waals surface area (Å²) in [4.78, 5) is 10.6. The molecule has 0 aliphatic rings. The second kappa shape index (κ2) is 13.3. The molecule has 56 heavy (non-hydrogen) atoms. The van der Waals surface area contributed by atoms with Crippen molar-refractivity contribution < 1.29 is 0 Å². The zero-order valence-electron chi connectivity index (χ0n) is 30.3. The topological polar surface area (TPSA) is 30.7 Å². The number of aromatic nitrogens is 3. The minimum absolute atomic E-state index is 0.704.